The van der Waals surface area contributed by atoms with Crippen molar-refractivity contribution in [3.63, 3.8) is 0 Å². The molecule has 0 aromatic carbocycles. The first-order valence-corrected chi connectivity index (χ1v) is 6.21. The fraction of sp³-hybridized carbons (Fsp3) is 0.333. The predicted octanol–water partition coefficient (Wildman–Crippen LogP) is 2.65. The fourth-order valence-electron chi connectivity index (χ4n) is 1.67. The maximum Gasteiger partial charge on any atom is 0.0951 e. The van der Waals surface area contributed by atoms with Crippen molar-refractivity contribution < 1.29 is 4.42 Å². The van der Waals surface area contributed by atoms with E-state index in [1.807, 2.05) is 17.4 Å². The summed E-state index contributed by atoms with van der Waals surface area (Å²) in [5.74, 6) is 5.56. The van der Waals surface area contributed by atoms with Gasteiger partial charge < -0.3 is 4.42 Å². The molecule has 0 bridgehead atoms. The van der Waals surface area contributed by atoms with Gasteiger partial charge >= 0.3 is 0 Å². The van der Waals surface area contributed by atoms with E-state index in [-0.39, 0.29) is 6.04 Å². The highest BCUT2D eigenvalue weighted by molar-refractivity contribution is 7.11. The quantitative estimate of drug-likeness (QED) is 0.620. The smallest absolute Gasteiger partial charge is 0.0951 e. The Balaban J connectivity index is 2.07. The van der Waals surface area contributed by atoms with Gasteiger partial charge in [-0.2, -0.15) is 0 Å². The van der Waals surface area contributed by atoms with Crippen LogP contribution in [0.5, 0.6) is 0 Å². The third-order valence-electron chi connectivity index (χ3n) is 2.62. The summed E-state index contributed by atoms with van der Waals surface area (Å²) in [6, 6.07) is 6.43. The van der Waals surface area contributed by atoms with Gasteiger partial charge in [-0.25, -0.2) is 0 Å². The molecule has 0 aliphatic carbocycles. The van der Waals surface area contributed by atoms with E-state index in [9.17, 15) is 0 Å². The molecule has 2 heterocycles. The van der Waals surface area contributed by atoms with Gasteiger partial charge in [0.05, 0.1) is 18.6 Å². The molecule has 0 spiro atoms. The number of hydrogen-bond acceptors (Lipinski definition) is 4. The Morgan fingerprint density at radius 3 is 2.75 bits per heavy atom. The summed E-state index contributed by atoms with van der Waals surface area (Å²) in [4.78, 5) is 2.76. The molecular weight excluding hydrogens is 220 g/mol. The fourth-order valence-corrected chi connectivity index (χ4v) is 2.67. The molecular formula is C12H16N2OS. The lowest BCUT2D eigenvalue weighted by atomic mass is 10.1. The van der Waals surface area contributed by atoms with Gasteiger partial charge in [0.25, 0.3) is 0 Å². The summed E-state index contributed by atoms with van der Waals surface area (Å²) >= 11 is 1.85. The number of thiophene rings is 1. The summed E-state index contributed by atoms with van der Waals surface area (Å²) in [7, 11) is 0. The molecule has 4 heteroatoms. The number of nitrogens with two attached hydrogens (primary N) is 1. The second kappa shape index (κ2) is 5.30. The van der Waals surface area contributed by atoms with Crippen molar-refractivity contribution in [3.05, 3.63) is 46.0 Å². The van der Waals surface area contributed by atoms with Crippen LogP contribution in [0.4, 0.5) is 0 Å². The average molecular weight is 236 g/mol. The zero-order chi connectivity index (χ0) is 11.4. The minimum atomic E-state index is 0.127. The molecule has 3 nitrogen and oxygen atoms in total. The van der Waals surface area contributed by atoms with Gasteiger partial charge in [-0.15, -0.1) is 11.3 Å². The first-order chi connectivity index (χ1) is 7.83. The van der Waals surface area contributed by atoms with Crippen molar-refractivity contribution in [3.8, 4) is 0 Å². The lowest BCUT2D eigenvalue weighted by Gasteiger charge is -2.12. The monoisotopic (exact) mass is 236 g/mol. The molecule has 0 aliphatic rings. The molecule has 1 atom stereocenters. The van der Waals surface area contributed by atoms with Crippen molar-refractivity contribution in [2.45, 2.75) is 25.8 Å². The van der Waals surface area contributed by atoms with E-state index in [0.29, 0.717) is 0 Å². The maximum absolute atomic E-state index is 5.56. The van der Waals surface area contributed by atoms with Gasteiger partial charge in [0.15, 0.2) is 0 Å². The van der Waals surface area contributed by atoms with Crippen LogP contribution in [0.2, 0.25) is 0 Å². The van der Waals surface area contributed by atoms with Crippen LogP contribution in [0.1, 0.15) is 28.3 Å². The van der Waals surface area contributed by atoms with E-state index in [1.165, 1.54) is 9.75 Å². The van der Waals surface area contributed by atoms with E-state index < -0.39 is 0 Å². The third kappa shape index (κ3) is 2.52. The first kappa shape index (κ1) is 11.4. The molecule has 2 aromatic heterocycles. The van der Waals surface area contributed by atoms with Crippen molar-refractivity contribution in [2.75, 3.05) is 0 Å². The highest BCUT2D eigenvalue weighted by Gasteiger charge is 2.12. The topological polar surface area (TPSA) is 51.2 Å². The van der Waals surface area contributed by atoms with Gasteiger partial charge in [0.2, 0.25) is 0 Å². The van der Waals surface area contributed by atoms with Gasteiger partial charge in [-0.05, 0) is 24.6 Å². The van der Waals surface area contributed by atoms with Gasteiger partial charge in [0.1, 0.15) is 0 Å². The van der Waals surface area contributed by atoms with Crippen LogP contribution in [0.15, 0.2) is 35.1 Å². The highest BCUT2D eigenvalue weighted by Crippen LogP contribution is 2.23. The molecule has 3 N–H and O–H groups in total. The summed E-state index contributed by atoms with van der Waals surface area (Å²) in [5, 5.41) is 0. The van der Waals surface area contributed by atoms with E-state index in [0.717, 1.165) is 18.4 Å². The molecule has 0 radical (unpaired) electrons. The summed E-state index contributed by atoms with van der Waals surface area (Å²) in [5.41, 5.74) is 3.92. The second-order valence-electron chi connectivity index (χ2n) is 3.70. The number of aryl methyl sites for hydroxylation is 1. The number of furan rings is 1. The number of rotatable bonds is 5. The largest absolute Gasteiger partial charge is 0.472 e. The van der Waals surface area contributed by atoms with Gasteiger partial charge in [-0.1, -0.05) is 6.92 Å². The molecule has 0 saturated carbocycles. The Labute approximate surface area is 99.2 Å². The molecule has 0 saturated heterocycles. The van der Waals surface area contributed by atoms with Crippen molar-refractivity contribution in [1.82, 2.24) is 5.43 Å². The van der Waals surface area contributed by atoms with Crippen molar-refractivity contribution in [2.24, 2.45) is 5.84 Å². The van der Waals surface area contributed by atoms with Crippen LogP contribution in [-0.2, 0) is 12.8 Å². The van der Waals surface area contributed by atoms with Crippen LogP contribution in [0.25, 0.3) is 0 Å². The molecule has 16 heavy (non-hydrogen) atoms. The van der Waals surface area contributed by atoms with Crippen LogP contribution >= 0.6 is 11.3 Å². The predicted molar refractivity (Wildman–Crippen MR) is 66.2 cm³/mol. The number of nitrogens with one attached hydrogen (secondary N) is 1. The Bertz CT molecular complexity index is 422. The Kier molecular flexibility index (Phi) is 3.77. The molecule has 86 valence electrons. The minimum absolute atomic E-state index is 0.127. The third-order valence-corrected chi connectivity index (χ3v) is 3.87. The first-order valence-electron chi connectivity index (χ1n) is 5.39. The van der Waals surface area contributed by atoms with Crippen LogP contribution in [-0.4, -0.2) is 0 Å². The standard InChI is InChI=1S/C12H16N2OS/c1-2-10-3-4-11(16-10)7-12(14-13)9-5-6-15-8-9/h3-6,8,12,14H,2,7,13H2,1H3. The van der Waals surface area contributed by atoms with Gasteiger partial charge in [-0.3, -0.25) is 11.3 Å². The summed E-state index contributed by atoms with van der Waals surface area (Å²) < 4.78 is 5.07. The van der Waals surface area contributed by atoms with Crippen molar-refractivity contribution in [1.29, 1.82) is 0 Å². The van der Waals surface area contributed by atoms with E-state index in [2.05, 4.69) is 24.5 Å². The molecule has 2 aromatic rings. The Morgan fingerprint density at radius 2 is 2.19 bits per heavy atom. The number of hydrogen-bond donors (Lipinski definition) is 2. The Morgan fingerprint density at radius 1 is 1.38 bits per heavy atom. The van der Waals surface area contributed by atoms with Crippen LogP contribution in [0.3, 0.4) is 0 Å². The summed E-state index contributed by atoms with van der Waals surface area (Å²) in [6.45, 7) is 2.17. The maximum atomic E-state index is 5.56. The highest BCUT2D eigenvalue weighted by atomic mass is 32.1. The normalized spacial score (nSPS) is 12.9. The summed E-state index contributed by atoms with van der Waals surface area (Å²) in [6.07, 6.45) is 5.40. The zero-order valence-corrected chi connectivity index (χ0v) is 10.1. The van der Waals surface area contributed by atoms with Gasteiger partial charge in [0, 0.05) is 21.7 Å². The molecule has 0 amide bonds. The Hall–Kier alpha value is -1.10. The van der Waals surface area contributed by atoms with E-state index >= 15 is 0 Å². The molecule has 0 aliphatic heterocycles. The second-order valence-corrected chi connectivity index (χ2v) is 4.95. The lowest BCUT2D eigenvalue weighted by molar-refractivity contribution is 0.527. The molecule has 0 fully saturated rings. The molecule has 1 unspecified atom stereocenters. The number of hydrazine groups is 1. The average Bonchev–Trinajstić information content (AvgIpc) is 2.96. The lowest BCUT2D eigenvalue weighted by Crippen LogP contribution is -2.29. The SMILES string of the molecule is CCc1ccc(CC(NN)c2ccoc2)s1. The van der Waals surface area contributed by atoms with E-state index in [1.54, 1.807) is 12.5 Å². The minimum Gasteiger partial charge on any atom is -0.472 e. The molecule has 2 rings (SSSR count). The van der Waals surface area contributed by atoms with E-state index in [4.69, 9.17) is 10.3 Å². The van der Waals surface area contributed by atoms with Crippen molar-refractivity contribution >= 4 is 11.3 Å². The van der Waals surface area contributed by atoms with Crippen LogP contribution < -0.4 is 11.3 Å². The van der Waals surface area contributed by atoms with Crippen LogP contribution in [0, 0.1) is 0 Å². The zero-order valence-electron chi connectivity index (χ0n) is 9.27.